The van der Waals surface area contributed by atoms with Crippen LogP contribution in [-0.2, 0) is 6.61 Å². The molecule has 0 radical (unpaired) electrons. The highest BCUT2D eigenvalue weighted by atomic mass is 35.5. The standard InChI is InChI=1S/C22H19ClN2O3/c1-27-20-8-4-2-6-17(20)14-24-25-22(26)19-7-3-5-9-21(19)28-15-16-10-12-18(23)13-11-16/h2-14H,15H2,1H3,(H,25,26)/b24-14-. The maximum absolute atomic E-state index is 12.5. The highest BCUT2D eigenvalue weighted by molar-refractivity contribution is 6.30. The van der Waals surface area contributed by atoms with Crippen molar-refractivity contribution in [2.45, 2.75) is 6.61 Å². The van der Waals surface area contributed by atoms with Crippen molar-refractivity contribution < 1.29 is 14.3 Å². The fourth-order valence-corrected chi connectivity index (χ4v) is 2.64. The zero-order chi connectivity index (χ0) is 19.8. The minimum absolute atomic E-state index is 0.325. The van der Waals surface area contributed by atoms with Gasteiger partial charge in [-0.25, -0.2) is 5.43 Å². The number of amides is 1. The first-order chi connectivity index (χ1) is 13.7. The molecule has 3 rings (SSSR count). The maximum atomic E-state index is 12.5. The molecule has 3 aromatic carbocycles. The molecular weight excluding hydrogens is 376 g/mol. The fraction of sp³-hybridized carbons (Fsp3) is 0.0909. The number of rotatable bonds is 7. The monoisotopic (exact) mass is 394 g/mol. The van der Waals surface area contributed by atoms with Gasteiger partial charge < -0.3 is 9.47 Å². The van der Waals surface area contributed by atoms with Gasteiger partial charge in [-0.05, 0) is 42.0 Å². The van der Waals surface area contributed by atoms with Crippen LogP contribution in [-0.4, -0.2) is 19.2 Å². The first kappa shape index (κ1) is 19.5. The van der Waals surface area contributed by atoms with Crippen molar-refractivity contribution in [2.24, 2.45) is 5.10 Å². The first-order valence-corrected chi connectivity index (χ1v) is 8.98. The van der Waals surface area contributed by atoms with Crippen molar-refractivity contribution in [1.29, 1.82) is 0 Å². The Balaban J connectivity index is 1.66. The number of carbonyl (C=O) groups is 1. The van der Waals surface area contributed by atoms with E-state index in [4.69, 9.17) is 21.1 Å². The third-order valence-electron chi connectivity index (χ3n) is 3.95. The molecule has 5 nitrogen and oxygen atoms in total. The van der Waals surface area contributed by atoms with Gasteiger partial charge in [0.2, 0.25) is 0 Å². The minimum atomic E-state index is -0.363. The third kappa shape index (κ3) is 5.11. The number of hydrogen-bond acceptors (Lipinski definition) is 4. The summed E-state index contributed by atoms with van der Waals surface area (Å²) in [5.41, 5.74) is 4.63. The smallest absolute Gasteiger partial charge is 0.275 e. The molecule has 0 aliphatic rings. The van der Waals surface area contributed by atoms with Crippen molar-refractivity contribution >= 4 is 23.7 Å². The van der Waals surface area contributed by atoms with Crippen LogP contribution in [0.4, 0.5) is 0 Å². The average molecular weight is 395 g/mol. The van der Waals surface area contributed by atoms with Gasteiger partial charge in [0.15, 0.2) is 0 Å². The number of methoxy groups -OCH3 is 1. The highest BCUT2D eigenvalue weighted by Gasteiger charge is 2.11. The quantitative estimate of drug-likeness (QED) is 0.467. The van der Waals surface area contributed by atoms with Gasteiger partial charge in [-0.15, -0.1) is 0 Å². The molecule has 0 heterocycles. The maximum Gasteiger partial charge on any atom is 0.275 e. The molecule has 1 amide bonds. The normalized spacial score (nSPS) is 10.6. The molecule has 0 spiro atoms. The Morgan fingerprint density at radius 1 is 1.00 bits per heavy atom. The molecule has 0 unspecified atom stereocenters. The summed E-state index contributed by atoms with van der Waals surface area (Å²) in [6.45, 7) is 0.325. The summed E-state index contributed by atoms with van der Waals surface area (Å²) in [7, 11) is 1.58. The van der Waals surface area contributed by atoms with Gasteiger partial charge >= 0.3 is 0 Å². The Labute approximate surface area is 168 Å². The molecule has 0 saturated carbocycles. The Bertz CT molecular complexity index is 972. The molecule has 6 heteroatoms. The molecule has 0 saturated heterocycles. The molecule has 0 aromatic heterocycles. The lowest BCUT2D eigenvalue weighted by Gasteiger charge is -2.10. The Morgan fingerprint density at radius 2 is 1.68 bits per heavy atom. The third-order valence-corrected chi connectivity index (χ3v) is 4.20. The van der Waals surface area contributed by atoms with Crippen LogP contribution in [0, 0.1) is 0 Å². The van der Waals surface area contributed by atoms with Crippen LogP contribution < -0.4 is 14.9 Å². The summed E-state index contributed by atoms with van der Waals surface area (Å²) in [6.07, 6.45) is 1.54. The zero-order valence-corrected chi connectivity index (χ0v) is 16.0. The number of benzene rings is 3. The lowest BCUT2D eigenvalue weighted by Crippen LogP contribution is -2.18. The fourth-order valence-electron chi connectivity index (χ4n) is 2.52. The molecule has 28 heavy (non-hydrogen) atoms. The number of halogens is 1. The van der Waals surface area contributed by atoms with Gasteiger partial charge in [-0.1, -0.05) is 48.0 Å². The highest BCUT2D eigenvalue weighted by Crippen LogP contribution is 2.20. The van der Waals surface area contributed by atoms with E-state index < -0.39 is 0 Å². The van der Waals surface area contributed by atoms with Crippen molar-refractivity contribution in [3.8, 4) is 11.5 Å². The number of carbonyl (C=O) groups excluding carboxylic acids is 1. The van der Waals surface area contributed by atoms with Crippen LogP contribution in [0.1, 0.15) is 21.5 Å². The molecule has 0 fully saturated rings. The van der Waals surface area contributed by atoms with Crippen LogP contribution in [0.5, 0.6) is 11.5 Å². The summed E-state index contributed by atoms with van der Waals surface area (Å²) in [4.78, 5) is 12.5. The number of nitrogens with one attached hydrogen (secondary N) is 1. The number of hydrogen-bond donors (Lipinski definition) is 1. The number of hydrazone groups is 1. The predicted octanol–water partition coefficient (Wildman–Crippen LogP) is 4.69. The van der Waals surface area contributed by atoms with Gasteiger partial charge in [0.1, 0.15) is 18.1 Å². The lowest BCUT2D eigenvalue weighted by atomic mass is 10.2. The summed E-state index contributed by atoms with van der Waals surface area (Å²) in [6, 6.07) is 21.8. The van der Waals surface area contributed by atoms with Gasteiger partial charge in [0, 0.05) is 10.6 Å². The molecule has 0 bridgehead atoms. The molecular formula is C22H19ClN2O3. The van der Waals surface area contributed by atoms with Crippen LogP contribution >= 0.6 is 11.6 Å². The topological polar surface area (TPSA) is 59.9 Å². The summed E-state index contributed by atoms with van der Waals surface area (Å²) < 4.78 is 11.1. The van der Waals surface area contributed by atoms with Gasteiger partial charge in [-0.3, -0.25) is 4.79 Å². The second-order valence-electron chi connectivity index (χ2n) is 5.85. The van der Waals surface area contributed by atoms with E-state index in [0.717, 1.165) is 11.1 Å². The minimum Gasteiger partial charge on any atom is -0.496 e. The van der Waals surface area contributed by atoms with Crippen LogP contribution in [0.15, 0.2) is 77.9 Å². The van der Waals surface area contributed by atoms with Crippen LogP contribution in [0.3, 0.4) is 0 Å². The Hall–Kier alpha value is -3.31. The van der Waals surface area contributed by atoms with E-state index in [2.05, 4.69) is 10.5 Å². The van der Waals surface area contributed by atoms with E-state index in [1.807, 2.05) is 42.5 Å². The average Bonchev–Trinajstić information content (AvgIpc) is 2.74. The van der Waals surface area contributed by atoms with E-state index in [-0.39, 0.29) is 5.91 Å². The van der Waals surface area contributed by atoms with E-state index >= 15 is 0 Å². The molecule has 1 N–H and O–H groups in total. The van der Waals surface area contributed by atoms with Gasteiger partial charge in [0.25, 0.3) is 5.91 Å². The molecule has 3 aromatic rings. The van der Waals surface area contributed by atoms with E-state index in [1.54, 1.807) is 37.4 Å². The van der Waals surface area contributed by atoms with Gasteiger partial charge in [0.05, 0.1) is 18.9 Å². The van der Waals surface area contributed by atoms with Crippen molar-refractivity contribution in [3.05, 3.63) is 94.5 Å². The lowest BCUT2D eigenvalue weighted by molar-refractivity contribution is 0.0950. The van der Waals surface area contributed by atoms with Gasteiger partial charge in [-0.2, -0.15) is 5.10 Å². The number of ether oxygens (including phenoxy) is 2. The number of para-hydroxylation sites is 2. The molecule has 0 aliphatic carbocycles. The molecule has 142 valence electrons. The van der Waals surface area contributed by atoms with E-state index in [9.17, 15) is 4.79 Å². The summed E-state index contributed by atoms with van der Waals surface area (Å²) >= 11 is 5.89. The summed E-state index contributed by atoms with van der Waals surface area (Å²) in [5, 5.41) is 4.68. The molecule has 0 atom stereocenters. The predicted molar refractivity (Wildman–Crippen MR) is 110 cm³/mol. The van der Waals surface area contributed by atoms with Crippen molar-refractivity contribution in [3.63, 3.8) is 0 Å². The summed E-state index contributed by atoms with van der Waals surface area (Å²) in [5.74, 6) is 0.785. The largest absolute Gasteiger partial charge is 0.496 e. The van der Waals surface area contributed by atoms with E-state index in [0.29, 0.717) is 28.7 Å². The van der Waals surface area contributed by atoms with Crippen molar-refractivity contribution in [2.75, 3.05) is 7.11 Å². The SMILES string of the molecule is COc1ccccc1/C=N\NC(=O)c1ccccc1OCc1ccc(Cl)cc1. The number of nitrogens with zero attached hydrogens (tertiary/aromatic N) is 1. The van der Waals surface area contributed by atoms with E-state index in [1.165, 1.54) is 6.21 Å². The van der Waals surface area contributed by atoms with Crippen LogP contribution in [0.2, 0.25) is 5.02 Å². The molecule has 0 aliphatic heterocycles. The second kappa shape index (κ2) is 9.58. The second-order valence-corrected chi connectivity index (χ2v) is 6.29. The Kier molecular flexibility index (Phi) is 6.65. The van der Waals surface area contributed by atoms with Crippen LogP contribution in [0.25, 0.3) is 0 Å². The first-order valence-electron chi connectivity index (χ1n) is 8.60. The Morgan fingerprint density at radius 3 is 2.43 bits per heavy atom. The zero-order valence-electron chi connectivity index (χ0n) is 15.3. The van der Waals surface area contributed by atoms with Crippen molar-refractivity contribution in [1.82, 2.24) is 5.43 Å².